The highest BCUT2D eigenvalue weighted by Crippen LogP contribution is 2.22. The lowest BCUT2D eigenvalue weighted by Gasteiger charge is -2.35. The van der Waals surface area contributed by atoms with Crippen molar-refractivity contribution in [3.63, 3.8) is 0 Å². The van der Waals surface area contributed by atoms with Gasteiger partial charge in [-0.25, -0.2) is 4.39 Å². The summed E-state index contributed by atoms with van der Waals surface area (Å²) in [7, 11) is 0. The molecule has 0 spiro atoms. The maximum absolute atomic E-state index is 13.5. The first-order valence-electron chi connectivity index (χ1n) is 11.9. The molecular formula is C26H41FN2O. The van der Waals surface area contributed by atoms with Gasteiger partial charge in [-0.2, -0.15) is 0 Å². The molecule has 30 heavy (non-hydrogen) atoms. The summed E-state index contributed by atoms with van der Waals surface area (Å²) in [4.78, 5) is 15.1. The first-order chi connectivity index (χ1) is 14.5. The number of Topliss-reactive ketones (excluding diaryl/α,β-unsaturated/α-hetero) is 1. The number of piperazine rings is 1. The van der Waals surface area contributed by atoms with Gasteiger partial charge in [-0.1, -0.05) is 70.2 Å². The first-order valence-corrected chi connectivity index (χ1v) is 11.9. The predicted molar refractivity (Wildman–Crippen MR) is 126 cm³/mol. The number of carbonyl (C=O) groups excluding carboxylic acids is 1. The minimum atomic E-state index is -0.109. The van der Waals surface area contributed by atoms with Crippen molar-refractivity contribution >= 4 is 11.5 Å². The third kappa shape index (κ3) is 8.59. The average Bonchev–Trinajstić information content (AvgIpc) is 3.31. The van der Waals surface area contributed by atoms with E-state index in [2.05, 4.69) is 35.8 Å². The van der Waals surface area contributed by atoms with Crippen molar-refractivity contribution in [2.45, 2.75) is 65.7 Å². The molecule has 0 N–H and O–H groups in total. The zero-order valence-electron chi connectivity index (χ0n) is 19.3. The van der Waals surface area contributed by atoms with Crippen LogP contribution in [0, 0.1) is 17.7 Å². The fourth-order valence-corrected chi connectivity index (χ4v) is 4.27. The smallest absolute Gasteiger partial charge is 0.146 e. The summed E-state index contributed by atoms with van der Waals surface area (Å²) in [5, 5.41) is 0. The topological polar surface area (TPSA) is 23.6 Å². The van der Waals surface area contributed by atoms with Crippen LogP contribution >= 0.6 is 0 Å². The number of anilines is 1. The lowest BCUT2D eigenvalue weighted by molar-refractivity contribution is -0.120. The summed E-state index contributed by atoms with van der Waals surface area (Å²) in [5.41, 5.74) is 0.744. The molecule has 1 aromatic rings. The summed E-state index contributed by atoms with van der Waals surface area (Å²) in [5.74, 6) is 1.57. The molecule has 1 aliphatic heterocycles. The lowest BCUT2D eigenvalue weighted by Crippen LogP contribution is -2.46. The van der Waals surface area contributed by atoms with Gasteiger partial charge in [0, 0.05) is 32.1 Å². The summed E-state index contributed by atoms with van der Waals surface area (Å²) in [6.07, 6.45) is 13.5. The van der Waals surface area contributed by atoms with Gasteiger partial charge in [-0.3, -0.25) is 4.79 Å². The van der Waals surface area contributed by atoms with E-state index < -0.39 is 0 Å². The summed E-state index contributed by atoms with van der Waals surface area (Å²) < 4.78 is 13.5. The van der Waals surface area contributed by atoms with Crippen molar-refractivity contribution in [2.75, 3.05) is 37.6 Å². The number of hydrogen-bond acceptors (Lipinski definition) is 3. The van der Waals surface area contributed by atoms with Gasteiger partial charge in [0.1, 0.15) is 11.6 Å². The van der Waals surface area contributed by atoms with Crippen LogP contribution in [0.2, 0.25) is 0 Å². The summed E-state index contributed by atoms with van der Waals surface area (Å²) in [6, 6.07) is 7.02. The zero-order valence-corrected chi connectivity index (χ0v) is 19.3. The third-order valence-corrected chi connectivity index (χ3v) is 6.49. The van der Waals surface area contributed by atoms with Crippen molar-refractivity contribution in [2.24, 2.45) is 11.8 Å². The van der Waals surface area contributed by atoms with E-state index in [1.807, 2.05) is 12.1 Å². The Hall–Kier alpha value is -1.68. The molecule has 0 radical (unpaired) electrons. The molecule has 0 aromatic heterocycles. The molecule has 4 rings (SSSR count). The number of nitrogens with zero attached hydrogens (tertiary/aromatic N) is 2. The van der Waals surface area contributed by atoms with E-state index in [1.54, 1.807) is 13.0 Å². The molecule has 1 heterocycles. The van der Waals surface area contributed by atoms with Crippen LogP contribution in [0.15, 0.2) is 36.4 Å². The van der Waals surface area contributed by atoms with Crippen LogP contribution in [0.5, 0.6) is 0 Å². The Bertz CT molecular complexity index is 638. The van der Waals surface area contributed by atoms with Gasteiger partial charge in [-0.15, -0.1) is 0 Å². The van der Waals surface area contributed by atoms with Crippen LogP contribution in [0.3, 0.4) is 0 Å². The average molecular weight is 417 g/mol. The maximum Gasteiger partial charge on any atom is 0.146 e. The van der Waals surface area contributed by atoms with Crippen LogP contribution in [0.1, 0.15) is 65.7 Å². The molecule has 168 valence electrons. The van der Waals surface area contributed by atoms with Crippen LogP contribution in [0.4, 0.5) is 10.1 Å². The largest absolute Gasteiger partial charge is 0.367 e. The van der Waals surface area contributed by atoms with E-state index >= 15 is 0 Å². The summed E-state index contributed by atoms with van der Waals surface area (Å²) >= 11 is 0. The monoisotopic (exact) mass is 416 g/mol. The number of ketones is 1. The molecule has 0 amide bonds. The number of halogens is 1. The Morgan fingerprint density at radius 2 is 1.60 bits per heavy atom. The number of hydrogen-bond donors (Lipinski definition) is 0. The Balaban J connectivity index is 0.000000179. The van der Waals surface area contributed by atoms with E-state index in [4.69, 9.17) is 0 Å². The minimum absolute atomic E-state index is 0.109. The predicted octanol–water partition coefficient (Wildman–Crippen LogP) is 6.10. The fraction of sp³-hybridized carbons (Fsp3) is 0.654. The van der Waals surface area contributed by atoms with E-state index in [-0.39, 0.29) is 5.82 Å². The number of allylic oxidation sites excluding steroid dienone is 2. The number of benzene rings is 1. The van der Waals surface area contributed by atoms with Gasteiger partial charge in [0.15, 0.2) is 0 Å². The van der Waals surface area contributed by atoms with Crippen molar-refractivity contribution in [3.8, 4) is 0 Å². The molecule has 1 aromatic carbocycles. The zero-order chi connectivity index (χ0) is 21.8. The van der Waals surface area contributed by atoms with Gasteiger partial charge >= 0.3 is 0 Å². The van der Waals surface area contributed by atoms with Crippen molar-refractivity contribution in [3.05, 3.63) is 42.2 Å². The highest BCUT2D eigenvalue weighted by molar-refractivity contribution is 5.79. The lowest BCUT2D eigenvalue weighted by atomic mass is 9.91. The molecule has 2 fully saturated rings. The van der Waals surface area contributed by atoms with Crippen LogP contribution in [-0.2, 0) is 4.79 Å². The van der Waals surface area contributed by atoms with Crippen molar-refractivity contribution in [1.29, 1.82) is 0 Å². The maximum atomic E-state index is 13.5. The second kappa shape index (κ2) is 13.6. The van der Waals surface area contributed by atoms with Gasteiger partial charge < -0.3 is 9.80 Å². The number of carbonyl (C=O) groups is 1. The molecule has 4 heteroatoms. The van der Waals surface area contributed by atoms with Gasteiger partial charge in [0.25, 0.3) is 0 Å². The highest BCUT2D eigenvalue weighted by Gasteiger charge is 2.17. The Kier molecular flexibility index (Phi) is 11.1. The Morgan fingerprint density at radius 1 is 1.00 bits per heavy atom. The minimum Gasteiger partial charge on any atom is -0.367 e. The second-order valence-electron chi connectivity index (χ2n) is 8.87. The van der Waals surface area contributed by atoms with Gasteiger partial charge in [0.2, 0.25) is 0 Å². The third-order valence-electron chi connectivity index (χ3n) is 6.49. The SMILES string of the molecule is CC(=O)C1CC=CC1.CC1CCCCC1.CCN1CCN(c2ccccc2F)CC1. The highest BCUT2D eigenvalue weighted by atomic mass is 19.1. The fourth-order valence-electron chi connectivity index (χ4n) is 4.27. The second-order valence-corrected chi connectivity index (χ2v) is 8.87. The number of para-hydroxylation sites is 1. The molecule has 3 nitrogen and oxygen atoms in total. The first kappa shape index (κ1) is 24.6. The standard InChI is InChI=1S/C12H17FN2.C7H10O.C7H14/c1-2-14-7-9-15(10-8-14)12-6-4-3-5-11(12)13;1-6(8)7-4-2-3-5-7;1-7-5-3-2-4-6-7/h3-6H,2,7-10H2,1H3;2-3,7H,4-5H2,1H3;7H,2-6H2,1H3. The molecule has 3 aliphatic rings. The molecule has 0 bridgehead atoms. The number of likely N-dealkylation sites (N-methyl/N-ethyl adjacent to an activating group) is 1. The molecule has 0 unspecified atom stereocenters. The van der Waals surface area contributed by atoms with Crippen molar-refractivity contribution in [1.82, 2.24) is 4.90 Å². The molecular weight excluding hydrogens is 375 g/mol. The van der Waals surface area contributed by atoms with E-state index in [0.717, 1.165) is 57.2 Å². The van der Waals surface area contributed by atoms with Crippen LogP contribution in [0.25, 0.3) is 0 Å². The van der Waals surface area contributed by atoms with E-state index in [9.17, 15) is 9.18 Å². The quantitative estimate of drug-likeness (QED) is 0.557. The summed E-state index contributed by atoms with van der Waals surface area (Å²) in [6.45, 7) is 11.2. The van der Waals surface area contributed by atoms with Gasteiger partial charge in [0.05, 0.1) is 5.69 Å². The van der Waals surface area contributed by atoms with Gasteiger partial charge in [-0.05, 0) is 44.4 Å². The van der Waals surface area contributed by atoms with Crippen LogP contribution < -0.4 is 4.90 Å². The molecule has 2 aliphatic carbocycles. The van der Waals surface area contributed by atoms with E-state index in [1.165, 1.54) is 38.2 Å². The van der Waals surface area contributed by atoms with Crippen LogP contribution in [-0.4, -0.2) is 43.4 Å². The van der Waals surface area contributed by atoms with Crippen molar-refractivity contribution < 1.29 is 9.18 Å². The Labute approximate surface area is 183 Å². The normalized spacial score (nSPS) is 20.2. The van der Waals surface area contributed by atoms with E-state index in [0.29, 0.717) is 11.7 Å². The molecule has 0 atom stereocenters. The molecule has 1 saturated heterocycles. The Morgan fingerprint density at radius 3 is 2.03 bits per heavy atom. The number of rotatable bonds is 3. The molecule has 1 saturated carbocycles.